The van der Waals surface area contributed by atoms with Gasteiger partial charge in [-0.25, -0.2) is 4.79 Å². The molecule has 0 aliphatic heterocycles. The number of rotatable bonds is 3. The topological polar surface area (TPSA) is 26.3 Å². The lowest BCUT2D eigenvalue weighted by Gasteiger charge is -2.38. The van der Waals surface area contributed by atoms with Gasteiger partial charge in [0.25, 0.3) is 0 Å². The first kappa shape index (κ1) is 14.7. The quantitative estimate of drug-likeness (QED) is 0.326. The summed E-state index contributed by atoms with van der Waals surface area (Å²) in [6, 6.07) is 0. The molecule has 0 heterocycles. The minimum Gasteiger partial charge on any atom is -0.466 e. The first-order valence-electron chi connectivity index (χ1n) is 6.49. The van der Waals surface area contributed by atoms with Gasteiger partial charge in [0.15, 0.2) is 0 Å². The Morgan fingerprint density at radius 3 is 2.72 bits per heavy atom. The first-order chi connectivity index (χ1) is 8.36. The van der Waals surface area contributed by atoms with Crippen molar-refractivity contribution in [1.82, 2.24) is 0 Å². The van der Waals surface area contributed by atoms with Crippen molar-refractivity contribution in [2.45, 2.75) is 40.0 Å². The summed E-state index contributed by atoms with van der Waals surface area (Å²) in [4.78, 5) is 11.1. The second kappa shape index (κ2) is 6.03. The fourth-order valence-corrected chi connectivity index (χ4v) is 2.57. The summed E-state index contributed by atoms with van der Waals surface area (Å²) in [5, 5.41) is 0. The molecule has 1 aliphatic rings. The zero-order valence-electron chi connectivity index (χ0n) is 12.0. The number of methoxy groups -OCH3 is 1. The van der Waals surface area contributed by atoms with Crippen LogP contribution in [0.4, 0.5) is 0 Å². The van der Waals surface area contributed by atoms with Crippen LogP contribution in [0.1, 0.15) is 40.0 Å². The van der Waals surface area contributed by atoms with Gasteiger partial charge in [0, 0.05) is 12.0 Å². The Bertz CT molecular complexity index is 386. The van der Waals surface area contributed by atoms with Gasteiger partial charge < -0.3 is 4.74 Å². The van der Waals surface area contributed by atoms with E-state index in [0.717, 1.165) is 12.0 Å². The Balaban J connectivity index is 2.78. The third-order valence-corrected chi connectivity index (χ3v) is 3.70. The van der Waals surface area contributed by atoms with Crippen LogP contribution in [-0.4, -0.2) is 13.1 Å². The molecule has 0 N–H and O–H groups in total. The third kappa shape index (κ3) is 3.86. The molecule has 0 aromatic carbocycles. The van der Waals surface area contributed by atoms with Crippen LogP contribution in [0.25, 0.3) is 0 Å². The van der Waals surface area contributed by atoms with Gasteiger partial charge in [0.2, 0.25) is 0 Å². The van der Waals surface area contributed by atoms with Crippen LogP contribution in [0.5, 0.6) is 0 Å². The number of carbonyl (C=O) groups excluding carboxylic acids is 1. The normalized spacial score (nSPS) is 24.3. The second-order valence-electron chi connectivity index (χ2n) is 5.75. The lowest BCUT2D eigenvalue weighted by Crippen LogP contribution is -2.27. The zero-order valence-corrected chi connectivity index (χ0v) is 12.0. The van der Waals surface area contributed by atoms with Gasteiger partial charge in [0.1, 0.15) is 0 Å². The predicted molar refractivity (Wildman–Crippen MR) is 75.2 cm³/mol. The molecule has 100 valence electrons. The minimum atomic E-state index is -0.307. The average Bonchev–Trinajstić information content (AvgIpc) is 2.27. The van der Waals surface area contributed by atoms with E-state index < -0.39 is 0 Å². The van der Waals surface area contributed by atoms with E-state index in [-0.39, 0.29) is 11.4 Å². The van der Waals surface area contributed by atoms with Gasteiger partial charge in [-0.3, -0.25) is 0 Å². The standard InChI is InChI=1S/C16H24O2/c1-12(11-15(17)18-5)8-9-14-13(2)7-6-10-16(14,3)4/h8-9,11,14H,2,6-7,10H2,1,3-5H3/b9-8+,12-11-/t14-/m0/s1. The van der Waals surface area contributed by atoms with Crippen LogP contribution in [0.3, 0.4) is 0 Å². The molecule has 2 heteroatoms. The van der Waals surface area contributed by atoms with Crippen LogP contribution >= 0.6 is 0 Å². The van der Waals surface area contributed by atoms with Crippen LogP contribution in [0.2, 0.25) is 0 Å². The summed E-state index contributed by atoms with van der Waals surface area (Å²) in [6.45, 7) is 10.7. The molecule has 0 amide bonds. The molecule has 0 aromatic heterocycles. The van der Waals surface area contributed by atoms with Crippen molar-refractivity contribution in [3.8, 4) is 0 Å². The summed E-state index contributed by atoms with van der Waals surface area (Å²) in [5.41, 5.74) is 2.47. The molecule has 18 heavy (non-hydrogen) atoms. The summed E-state index contributed by atoms with van der Waals surface area (Å²) < 4.78 is 4.61. The van der Waals surface area contributed by atoms with Crippen molar-refractivity contribution < 1.29 is 9.53 Å². The molecule has 0 unspecified atom stereocenters. The van der Waals surface area contributed by atoms with Crippen molar-refractivity contribution in [2.75, 3.05) is 7.11 Å². The van der Waals surface area contributed by atoms with Crippen molar-refractivity contribution >= 4 is 5.97 Å². The van der Waals surface area contributed by atoms with E-state index in [1.807, 2.05) is 13.0 Å². The van der Waals surface area contributed by atoms with Gasteiger partial charge in [-0.1, -0.05) is 38.2 Å². The van der Waals surface area contributed by atoms with Gasteiger partial charge in [0.05, 0.1) is 7.11 Å². The molecule has 0 aromatic rings. The van der Waals surface area contributed by atoms with Gasteiger partial charge >= 0.3 is 5.97 Å². The highest BCUT2D eigenvalue weighted by molar-refractivity contribution is 5.83. The Labute approximate surface area is 110 Å². The fraction of sp³-hybridized carbons (Fsp3) is 0.562. The molecule has 1 saturated carbocycles. The number of carbonyl (C=O) groups is 1. The van der Waals surface area contributed by atoms with Crippen molar-refractivity contribution in [1.29, 1.82) is 0 Å². The highest BCUT2D eigenvalue weighted by atomic mass is 16.5. The summed E-state index contributed by atoms with van der Waals surface area (Å²) >= 11 is 0. The average molecular weight is 248 g/mol. The lowest BCUT2D eigenvalue weighted by atomic mass is 9.66. The van der Waals surface area contributed by atoms with Gasteiger partial charge in [-0.2, -0.15) is 0 Å². The van der Waals surface area contributed by atoms with Gasteiger partial charge in [-0.05, 0) is 37.2 Å². The van der Waals surface area contributed by atoms with Crippen LogP contribution in [-0.2, 0) is 9.53 Å². The van der Waals surface area contributed by atoms with Crippen molar-refractivity contribution in [3.63, 3.8) is 0 Å². The molecule has 2 nitrogen and oxygen atoms in total. The molecular weight excluding hydrogens is 224 g/mol. The number of esters is 1. The largest absolute Gasteiger partial charge is 0.466 e. The molecule has 1 fully saturated rings. The molecule has 0 spiro atoms. The summed E-state index contributed by atoms with van der Waals surface area (Å²) in [5.74, 6) is 0.0890. The molecular formula is C16H24O2. The highest BCUT2D eigenvalue weighted by Gasteiger charge is 2.32. The summed E-state index contributed by atoms with van der Waals surface area (Å²) in [7, 11) is 1.39. The molecule has 1 rings (SSSR count). The Hall–Kier alpha value is -1.31. The number of hydrogen-bond donors (Lipinski definition) is 0. The molecule has 0 radical (unpaired) electrons. The highest BCUT2D eigenvalue weighted by Crippen LogP contribution is 2.43. The van der Waals surface area contributed by atoms with E-state index in [1.54, 1.807) is 0 Å². The fourth-order valence-electron chi connectivity index (χ4n) is 2.57. The minimum absolute atomic E-state index is 0.261. The monoisotopic (exact) mass is 248 g/mol. The maximum atomic E-state index is 11.1. The maximum Gasteiger partial charge on any atom is 0.330 e. The first-order valence-corrected chi connectivity index (χ1v) is 6.49. The van der Waals surface area contributed by atoms with Crippen LogP contribution in [0, 0.1) is 11.3 Å². The summed E-state index contributed by atoms with van der Waals surface area (Å²) in [6.07, 6.45) is 9.25. The maximum absolute atomic E-state index is 11.1. The zero-order chi connectivity index (χ0) is 13.8. The van der Waals surface area contributed by atoms with Crippen molar-refractivity contribution in [3.05, 3.63) is 36.0 Å². The second-order valence-corrected chi connectivity index (χ2v) is 5.75. The smallest absolute Gasteiger partial charge is 0.330 e. The van der Waals surface area contributed by atoms with E-state index in [1.165, 1.54) is 31.6 Å². The van der Waals surface area contributed by atoms with E-state index in [0.29, 0.717) is 5.92 Å². The third-order valence-electron chi connectivity index (χ3n) is 3.70. The van der Waals surface area contributed by atoms with Crippen molar-refractivity contribution in [2.24, 2.45) is 11.3 Å². The lowest BCUT2D eigenvalue weighted by molar-refractivity contribution is -0.134. The number of allylic oxidation sites excluding steroid dienone is 4. The Kier molecular flexibility index (Phi) is 4.94. The Morgan fingerprint density at radius 2 is 2.17 bits per heavy atom. The van der Waals surface area contributed by atoms with E-state index in [9.17, 15) is 4.79 Å². The van der Waals surface area contributed by atoms with E-state index >= 15 is 0 Å². The predicted octanol–water partition coefficient (Wildman–Crippen LogP) is 4.04. The van der Waals surface area contributed by atoms with Crippen LogP contribution < -0.4 is 0 Å². The molecule has 0 saturated heterocycles. The van der Waals surface area contributed by atoms with Crippen LogP contribution in [0.15, 0.2) is 36.0 Å². The molecule has 1 atom stereocenters. The van der Waals surface area contributed by atoms with E-state index in [2.05, 4.69) is 31.2 Å². The molecule has 1 aliphatic carbocycles. The van der Waals surface area contributed by atoms with E-state index in [4.69, 9.17) is 0 Å². The SMILES string of the molecule is C=C1CCCC(C)(C)[C@H]1/C=C/C(C)=C\C(=O)OC. The van der Waals surface area contributed by atoms with Gasteiger partial charge in [-0.15, -0.1) is 0 Å². The number of hydrogen-bond acceptors (Lipinski definition) is 2. The molecule has 0 bridgehead atoms. The number of ether oxygens (including phenoxy) is 1. The Morgan fingerprint density at radius 1 is 1.50 bits per heavy atom.